The van der Waals surface area contributed by atoms with E-state index in [1.165, 1.54) is 24.2 Å². The number of hydrogen-bond acceptors (Lipinski definition) is 4. The Morgan fingerprint density at radius 2 is 2.11 bits per heavy atom. The van der Waals surface area contributed by atoms with E-state index in [9.17, 15) is 9.59 Å². The average molecular weight is 391 g/mol. The molecule has 4 atom stereocenters. The molecule has 1 saturated heterocycles. The quantitative estimate of drug-likeness (QED) is 0.826. The van der Waals surface area contributed by atoms with Crippen molar-refractivity contribution in [3.63, 3.8) is 0 Å². The van der Waals surface area contributed by atoms with E-state index in [0.29, 0.717) is 17.6 Å². The van der Waals surface area contributed by atoms with Gasteiger partial charge in [-0.05, 0) is 48.9 Å². The lowest BCUT2D eigenvalue weighted by atomic mass is 9.69. The molecular weight excluding hydrogens is 360 g/mol. The van der Waals surface area contributed by atoms with Gasteiger partial charge in [-0.3, -0.25) is 4.79 Å². The lowest BCUT2D eigenvalue weighted by Gasteiger charge is -2.41. The van der Waals surface area contributed by atoms with Crippen LogP contribution in [0.25, 0.3) is 0 Å². The molecule has 27 heavy (non-hydrogen) atoms. The molecule has 0 spiro atoms. The molecule has 2 bridgehead atoms. The number of amides is 3. The van der Waals surface area contributed by atoms with E-state index < -0.39 is 0 Å². The fourth-order valence-electron chi connectivity index (χ4n) is 5.53. The molecule has 2 saturated carbocycles. The lowest BCUT2D eigenvalue weighted by Crippen LogP contribution is -2.54. The second kappa shape index (κ2) is 6.76. The van der Waals surface area contributed by atoms with Crippen LogP contribution in [0.15, 0.2) is 11.6 Å². The second-order valence-electron chi connectivity index (χ2n) is 9.22. The number of urea groups is 1. The first-order valence-corrected chi connectivity index (χ1v) is 10.9. The summed E-state index contributed by atoms with van der Waals surface area (Å²) in [5.41, 5.74) is 0.452. The van der Waals surface area contributed by atoms with Crippen molar-refractivity contribution in [1.29, 1.82) is 0 Å². The van der Waals surface area contributed by atoms with Crippen LogP contribution < -0.4 is 10.6 Å². The van der Waals surface area contributed by atoms with Gasteiger partial charge in [-0.15, -0.1) is 11.3 Å². The first-order chi connectivity index (χ1) is 12.8. The molecule has 4 rings (SSSR count). The van der Waals surface area contributed by atoms with Gasteiger partial charge in [0.05, 0.1) is 5.92 Å². The van der Waals surface area contributed by atoms with Gasteiger partial charge in [-0.25, -0.2) is 9.78 Å². The van der Waals surface area contributed by atoms with E-state index in [2.05, 4.69) is 36.4 Å². The zero-order valence-electron chi connectivity index (χ0n) is 16.5. The van der Waals surface area contributed by atoms with Gasteiger partial charge >= 0.3 is 6.03 Å². The minimum atomic E-state index is -0.166. The van der Waals surface area contributed by atoms with E-state index in [1.54, 1.807) is 6.20 Å². The highest BCUT2D eigenvalue weighted by atomic mass is 32.1. The summed E-state index contributed by atoms with van der Waals surface area (Å²) in [5.74, 6) is 0.502. The van der Waals surface area contributed by atoms with Crippen LogP contribution in [0, 0.1) is 22.7 Å². The van der Waals surface area contributed by atoms with Gasteiger partial charge < -0.3 is 15.5 Å². The number of nitrogens with zero attached hydrogens (tertiary/aromatic N) is 2. The normalized spacial score (nSPS) is 34.5. The fourth-order valence-corrected chi connectivity index (χ4v) is 6.06. The van der Waals surface area contributed by atoms with E-state index in [0.717, 1.165) is 25.8 Å². The molecule has 2 N–H and O–H groups in total. The highest BCUT2D eigenvalue weighted by Gasteiger charge is 2.61. The summed E-state index contributed by atoms with van der Waals surface area (Å²) < 4.78 is 0. The van der Waals surface area contributed by atoms with Crippen LogP contribution in [0.2, 0.25) is 0 Å². The van der Waals surface area contributed by atoms with Gasteiger partial charge in [-0.1, -0.05) is 20.8 Å². The number of nitrogens with one attached hydrogen (secondary N) is 2. The minimum Gasteiger partial charge on any atom is -0.335 e. The Kier molecular flexibility index (Phi) is 4.69. The van der Waals surface area contributed by atoms with Gasteiger partial charge in [0.25, 0.3) is 0 Å². The lowest BCUT2D eigenvalue weighted by molar-refractivity contribution is -0.121. The third-order valence-corrected chi connectivity index (χ3v) is 8.52. The third-order valence-electron chi connectivity index (χ3n) is 7.83. The summed E-state index contributed by atoms with van der Waals surface area (Å²) in [4.78, 5) is 31.4. The smallest absolute Gasteiger partial charge is 0.317 e. The van der Waals surface area contributed by atoms with Crippen molar-refractivity contribution >= 4 is 28.4 Å². The van der Waals surface area contributed by atoms with Crippen LogP contribution in [0.1, 0.15) is 52.9 Å². The highest BCUT2D eigenvalue weighted by Crippen LogP contribution is 2.65. The summed E-state index contributed by atoms with van der Waals surface area (Å²) in [6.45, 7) is 8.27. The maximum atomic E-state index is 12.9. The van der Waals surface area contributed by atoms with Crippen molar-refractivity contribution in [1.82, 2.24) is 15.2 Å². The van der Waals surface area contributed by atoms with Gasteiger partial charge in [0, 0.05) is 30.7 Å². The first-order valence-electron chi connectivity index (χ1n) is 10.1. The van der Waals surface area contributed by atoms with E-state index >= 15 is 0 Å². The number of rotatable bonds is 3. The number of piperidine rings is 1. The Labute approximate surface area is 165 Å². The van der Waals surface area contributed by atoms with Gasteiger partial charge in [0.2, 0.25) is 5.91 Å². The van der Waals surface area contributed by atoms with Crippen LogP contribution >= 0.6 is 11.3 Å². The molecule has 2 heterocycles. The van der Waals surface area contributed by atoms with Crippen molar-refractivity contribution in [2.24, 2.45) is 22.7 Å². The molecular formula is C20H30N4O2S. The van der Waals surface area contributed by atoms with E-state index in [-0.39, 0.29) is 34.7 Å². The number of anilines is 1. The predicted molar refractivity (Wildman–Crippen MR) is 107 cm³/mol. The third kappa shape index (κ3) is 3.13. The molecule has 148 valence electrons. The maximum Gasteiger partial charge on any atom is 0.317 e. The molecule has 1 aliphatic heterocycles. The summed E-state index contributed by atoms with van der Waals surface area (Å²) in [6, 6.07) is 0.236. The molecule has 7 heteroatoms. The van der Waals surface area contributed by atoms with E-state index in [1.807, 2.05) is 10.3 Å². The molecule has 3 aliphatic rings. The largest absolute Gasteiger partial charge is 0.335 e. The number of fused-ring (bicyclic) bond motifs is 2. The standard InChI is InChI=1S/C20H30N4O2S/c1-19(2)14-6-7-20(19,3)15(11-14)22-18(26)24-9-4-5-13(12-24)16(25)23-17-21-8-10-27-17/h8,10,13-15H,4-7,9,11-12H2,1-3H3,(H,22,26)(H,21,23,25)/t13-,14-,15-,20-/m0/s1. The molecule has 1 aromatic heterocycles. The number of carbonyl (C=O) groups excluding carboxylic acids is 2. The Hall–Kier alpha value is -1.63. The van der Waals surface area contributed by atoms with E-state index in [4.69, 9.17) is 0 Å². The van der Waals surface area contributed by atoms with Crippen molar-refractivity contribution in [2.45, 2.75) is 58.9 Å². The number of aromatic nitrogens is 1. The van der Waals surface area contributed by atoms with Gasteiger partial charge in [0.1, 0.15) is 0 Å². The Bertz CT molecular complexity index is 720. The van der Waals surface area contributed by atoms with Crippen LogP contribution in [-0.2, 0) is 4.79 Å². The molecule has 1 aromatic rings. The molecule has 0 aromatic carbocycles. The zero-order valence-corrected chi connectivity index (χ0v) is 17.3. The summed E-state index contributed by atoms with van der Waals surface area (Å²) in [5, 5.41) is 8.66. The molecule has 2 aliphatic carbocycles. The monoisotopic (exact) mass is 390 g/mol. The minimum absolute atomic E-state index is 0.00340. The zero-order chi connectivity index (χ0) is 19.2. The first kappa shape index (κ1) is 18.7. The molecule has 3 amide bonds. The molecule has 0 unspecified atom stereocenters. The van der Waals surface area contributed by atoms with Crippen LogP contribution in [0.3, 0.4) is 0 Å². The molecule has 3 fully saturated rings. The number of carbonyl (C=O) groups is 2. The Morgan fingerprint density at radius 3 is 2.74 bits per heavy atom. The number of hydrogen-bond donors (Lipinski definition) is 2. The Morgan fingerprint density at radius 1 is 1.30 bits per heavy atom. The second-order valence-corrected chi connectivity index (χ2v) is 10.1. The van der Waals surface area contributed by atoms with Crippen LogP contribution in [0.5, 0.6) is 0 Å². The number of likely N-dealkylation sites (tertiary alicyclic amines) is 1. The molecule has 0 radical (unpaired) electrons. The fraction of sp³-hybridized carbons (Fsp3) is 0.750. The van der Waals surface area contributed by atoms with Crippen LogP contribution in [0.4, 0.5) is 9.93 Å². The van der Waals surface area contributed by atoms with Gasteiger partial charge in [0.15, 0.2) is 5.13 Å². The SMILES string of the molecule is CC1(C)[C@H]2CC[C@@]1(C)[C@@H](NC(=O)N1CCC[C@H](C(=O)Nc3nccs3)C1)C2. The Balaban J connectivity index is 1.36. The van der Waals surface area contributed by atoms with Crippen molar-refractivity contribution in [2.75, 3.05) is 18.4 Å². The average Bonchev–Trinajstić information content (AvgIpc) is 3.28. The van der Waals surface area contributed by atoms with Gasteiger partial charge in [-0.2, -0.15) is 0 Å². The highest BCUT2D eigenvalue weighted by molar-refractivity contribution is 7.13. The van der Waals surface area contributed by atoms with Crippen molar-refractivity contribution in [3.8, 4) is 0 Å². The summed E-state index contributed by atoms with van der Waals surface area (Å²) in [6.07, 6.45) is 6.90. The maximum absolute atomic E-state index is 12.9. The van der Waals surface area contributed by atoms with Crippen molar-refractivity contribution < 1.29 is 9.59 Å². The predicted octanol–water partition coefficient (Wildman–Crippen LogP) is 3.72. The topological polar surface area (TPSA) is 74.3 Å². The van der Waals surface area contributed by atoms with Crippen LogP contribution in [-0.4, -0.2) is 41.0 Å². The summed E-state index contributed by atoms with van der Waals surface area (Å²) in [7, 11) is 0. The summed E-state index contributed by atoms with van der Waals surface area (Å²) >= 11 is 1.41. The number of thiazole rings is 1. The molecule has 6 nitrogen and oxygen atoms in total. The van der Waals surface area contributed by atoms with Crippen molar-refractivity contribution in [3.05, 3.63) is 11.6 Å².